The molecule has 0 amide bonds. The molecule has 0 aromatic carbocycles. The zero-order valence-electron chi connectivity index (χ0n) is 7.74. The van der Waals surface area contributed by atoms with Gasteiger partial charge in [0.2, 0.25) is 5.52 Å². The SMILES string of the molecule is CC(C(=O)P(=O)(O)O)[Si](C)(C)C. The highest BCUT2D eigenvalue weighted by molar-refractivity contribution is 7.70. The van der Waals surface area contributed by atoms with E-state index < -0.39 is 26.7 Å². The molecule has 0 aliphatic carbocycles. The molecule has 2 N–H and O–H groups in total. The second-order valence-corrected chi connectivity index (χ2v) is 11.1. The summed E-state index contributed by atoms with van der Waals surface area (Å²) < 4.78 is 10.6. The molecule has 0 heterocycles. The van der Waals surface area contributed by atoms with Gasteiger partial charge < -0.3 is 9.79 Å². The van der Waals surface area contributed by atoms with E-state index in [1.165, 1.54) is 0 Å². The van der Waals surface area contributed by atoms with Crippen LogP contribution in [0.3, 0.4) is 0 Å². The first kappa shape index (κ1) is 12.0. The summed E-state index contributed by atoms with van der Waals surface area (Å²) >= 11 is 0. The Morgan fingerprint density at radius 2 is 1.67 bits per heavy atom. The van der Waals surface area contributed by atoms with Crippen molar-refractivity contribution in [3.05, 3.63) is 0 Å². The average molecular weight is 210 g/mol. The number of hydrogen-bond donors (Lipinski definition) is 2. The van der Waals surface area contributed by atoms with E-state index in [-0.39, 0.29) is 0 Å². The molecule has 0 aromatic heterocycles. The summed E-state index contributed by atoms with van der Waals surface area (Å²) in [6, 6.07) is 0. The molecule has 72 valence electrons. The van der Waals surface area contributed by atoms with Crippen LogP contribution in [0.1, 0.15) is 6.92 Å². The van der Waals surface area contributed by atoms with Crippen LogP contribution in [0.15, 0.2) is 0 Å². The molecule has 0 saturated carbocycles. The lowest BCUT2D eigenvalue weighted by Crippen LogP contribution is -2.31. The van der Waals surface area contributed by atoms with Gasteiger partial charge in [-0.1, -0.05) is 26.6 Å². The average Bonchev–Trinajstić information content (AvgIpc) is 1.80. The van der Waals surface area contributed by atoms with E-state index in [4.69, 9.17) is 9.79 Å². The van der Waals surface area contributed by atoms with Crippen molar-refractivity contribution in [2.45, 2.75) is 32.1 Å². The van der Waals surface area contributed by atoms with Crippen LogP contribution in [0, 0.1) is 0 Å². The highest BCUT2D eigenvalue weighted by atomic mass is 31.2. The number of hydrogen-bond acceptors (Lipinski definition) is 2. The fourth-order valence-electron chi connectivity index (χ4n) is 0.623. The standard InChI is InChI=1S/C6H15O4PSi/c1-5(12(2,3)4)6(7)11(8,9)10/h5H,1-4H3,(H2,8,9,10). The fourth-order valence-corrected chi connectivity index (χ4v) is 3.53. The van der Waals surface area contributed by atoms with Crippen molar-refractivity contribution in [3.63, 3.8) is 0 Å². The van der Waals surface area contributed by atoms with Gasteiger partial charge in [-0.3, -0.25) is 9.36 Å². The van der Waals surface area contributed by atoms with Crippen molar-refractivity contribution >= 4 is 21.2 Å². The van der Waals surface area contributed by atoms with Gasteiger partial charge in [0.15, 0.2) is 0 Å². The van der Waals surface area contributed by atoms with E-state index in [1.54, 1.807) is 6.92 Å². The van der Waals surface area contributed by atoms with Gasteiger partial charge in [0.1, 0.15) is 0 Å². The molecule has 0 aliphatic rings. The number of rotatable bonds is 3. The maximum atomic E-state index is 11.1. The second-order valence-electron chi connectivity index (χ2n) is 3.97. The molecule has 0 aliphatic heterocycles. The van der Waals surface area contributed by atoms with Crippen LogP contribution in [0.2, 0.25) is 25.2 Å². The fraction of sp³-hybridized carbons (Fsp3) is 0.833. The molecular weight excluding hydrogens is 195 g/mol. The van der Waals surface area contributed by atoms with E-state index in [0.717, 1.165) is 0 Å². The molecule has 0 bridgehead atoms. The van der Waals surface area contributed by atoms with Gasteiger partial charge in [0, 0.05) is 5.54 Å². The zero-order chi connectivity index (χ0) is 10.2. The Labute approximate surface area is 73.2 Å². The summed E-state index contributed by atoms with van der Waals surface area (Å²) in [5.41, 5.74) is -1.40. The Kier molecular flexibility index (Phi) is 3.43. The van der Waals surface area contributed by atoms with Crippen LogP contribution in [0.5, 0.6) is 0 Å². The second kappa shape index (κ2) is 3.42. The lowest BCUT2D eigenvalue weighted by molar-refractivity contribution is -0.113. The van der Waals surface area contributed by atoms with Gasteiger partial charge in [0.25, 0.3) is 0 Å². The van der Waals surface area contributed by atoms with Gasteiger partial charge >= 0.3 is 7.60 Å². The van der Waals surface area contributed by atoms with Gasteiger partial charge in [-0.2, -0.15) is 0 Å². The molecule has 0 rings (SSSR count). The first-order valence-corrected chi connectivity index (χ1v) is 8.85. The van der Waals surface area contributed by atoms with E-state index in [0.29, 0.717) is 0 Å². The molecule has 12 heavy (non-hydrogen) atoms. The topological polar surface area (TPSA) is 74.6 Å². The maximum absolute atomic E-state index is 11.1. The Balaban J connectivity index is 4.65. The molecule has 1 unspecified atom stereocenters. The third-order valence-corrected chi connectivity index (χ3v) is 6.02. The van der Waals surface area contributed by atoms with Crippen molar-refractivity contribution in [1.82, 2.24) is 0 Å². The van der Waals surface area contributed by atoms with Crippen LogP contribution < -0.4 is 0 Å². The minimum absolute atomic E-state index is 0.488. The smallest absolute Gasteiger partial charge is 0.319 e. The third-order valence-electron chi connectivity index (χ3n) is 1.96. The molecule has 4 nitrogen and oxygen atoms in total. The van der Waals surface area contributed by atoms with Crippen molar-refractivity contribution in [2.24, 2.45) is 0 Å². The summed E-state index contributed by atoms with van der Waals surface area (Å²) in [5.74, 6) is 0. The van der Waals surface area contributed by atoms with Crippen molar-refractivity contribution < 1.29 is 19.1 Å². The number of carbonyl (C=O) groups excluding carboxylic acids is 1. The Morgan fingerprint density at radius 1 is 1.33 bits per heavy atom. The summed E-state index contributed by atoms with van der Waals surface area (Å²) in [7, 11) is -6.29. The maximum Gasteiger partial charge on any atom is 0.391 e. The van der Waals surface area contributed by atoms with E-state index in [9.17, 15) is 9.36 Å². The van der Waals surface area contributed by atoms with Gasteiger partial charge in [0.05, 0.1) is 8.07 Å². The predicted molar refractivity (Wildman–Crippen MR) is 49.8 cm³/mol. The van der Waals surface area contributed by atoms with Crippen LogP contribution in [0.4, 0.5) is 0 Å². The summed E-state index contributed by atoms with van der Waals surface area (Å²) in [6.45, 7) is 7.31. The van der Waals surface area contributed by atoms with E-state index in [2.05, 4.69) is 0 Å². The summed E-state index contributed by atoms with van der Waals surface area (Å²) in [4.78, 5) is 28.3. The van der Waals surface area contributed by atoms with Crippen LogP contribution in [-0.2, 0) is 9.36 Å². The number of carbonyl (C=O) groups is 1. The Bertz CT molecular complexity index is 226. The van der Waals surface area contributed by atoms with Crippen molar-refractivity contribution in [3.8, 4) is 0 Å². The first-order chi connectivity index (χ1) is 5.07. The minimum Gasteiger partial charge on any atom is -0.319 e. The lowest BCUT2D eigenvalue weighted by Gasteiger charge is -2.23. The monoisotopic (exact) mass is 210 g/mol. The predicted octanol–water partition coefficient (Wildman–Crippen LogP) is 1.42. The van der Waals surface area contributed by atoms with Crippen LogP contribution >= 0.6 is 7.60 Å². The van der Waals surface area contributed by atoms with E-state index in [1.807, 2.05) is 19.6 Å². The Morgan fingerprint density at radius 3 is 1.75 bits per heavy atom. The highest BCUT2D eigenvalue weighted by Gasteiger charge is 2.38. The quantitative estimate of drug-likeness (QED) is 0.545. The molecule has 6 heteroatoms. The van der Waals surface area contributed by atoms with Gasteiger partial charge in [-0.15, -0.1) is 0 Å². The van der Waals surface area contributed by atoms with Gasteiger partial charge in [-0.05, 0) is 0 Å². The Hall–Kier alpha value is 0.0369. The van der Waals surface area contributed by atoms with Crippen LogP contribution in [0.25, 0.3) is 0 Å². The largest absolute Gasteiger partial charge is 0.391 e. The van der Waals surface area contributed by atoms with Crippen molar-refractivity contribution in [2.75, 3.05) is 0 Å². The lowest BCUT2D eigenvalue weighted by atomic mass is 10.5. The molecular formula is C6H15O4PSi. The highest BCUT2D eigenvalue weighted by Crippen LogP contribution is 2.43. The molecule has 1 atom stereocenters. The van der Waals surface area contributed by atoms with Crippen molar-refractivity contribution in [1.29, 1.82) is 0 Å². The molecule has 0 fully saturated rings. The summed E-state index contributed by atoms with van der Waals surface area (Å²) in [6.07, 6.45) is 0. The normalized spacial score (nSPS) is 15.8. The molecule has 0 saturated heterocycles. The first-order valence-electron chi connectivity index (χ1n) is 3.67. The van der Waals surface area contributed by atoms with Crippen LogP contribution in [-0.4, -0.2) is 23.4 Å². The van der Waals surface area contributed by atoms with Gasteiger partial charge in [-0.25, -0.2) is 0 Å². The van der Waals surface area contributed by atoms with E-state index >= 15 is 0 Å². The molecule has 0 radical (unpaired) electrons. The minimum atomic E-state index is -4.51. The molecule has 0 aromatic rings. The molecule has 0 spiro atoms. The zero-order valence-corrected chi connectivity index (χ0v) is 9.63. The summed E-state index contributed by atoms with van der Waals surface area (Å²) in [5, 5.41) is 0. The third kappa shape index (κ3) is 3.19.